The van der Waals surface area contributed by atoms with Crippen molar-refractivity contribution in [1.82, 2.24) is 4.98 Å². The molecule has 13 heavy (non-hydrogen) atoms. The zero-order chi connectivity index (χ0) is 10.1. The SMILES string of the molecule is CCS(=O)(=O)c1cc(Br)cnc1Br. The number of sulfone groups is 1. The molecule has 0 unspecified atom stereocenters. The van der Waals surface area contributed by atoms with Gasteiger partial charge in [0, 0.05) is 10.7 Å². The second-order valence-electron chi connectivity index (χ2n) is 2.35. The van der Waals surface area contributed by atoms with E-state index in [0.29, 0.717) is 9.08 Å². The Balaban J connectivity index is 3.38. The summed E-state index contributed by atoms with van der Waals surface area (Å²) in [5.41, 5.74) is 0. The van der Waals surface area contributed by atoms with E-state index in [0.717, 1.165) is 0 Å². The fraction of sp³-hybridized carbons (Fsp3) is 0.286. The van der Waals surface area contributed by atoms with Crippen molar-refractivity contribution in [3.63, 3.8) is 0 Å². The summed E-state index contributed by atoms with van der Waals surface area (Å²) in [6.45, 7) is 1.60. The molecule has 72 valence electrons. The van der Waals surface area contributed by atoms with Gasteiger partial charge >= 0.3 is 0 Å². The van der Waals surface area contributed by atoms with Gasteiger partial charge in [-0.05, 0) is 37.9 Å². The van der Waals surface area contributed by atoms with Gasteiger partial charge in [-0.3, -0.25) is 0 Å². The van der Waals surface area contributed by atoms with E-state index in [4.69, 9.17) is 0 Å². The summed E-state index contributed by atoms with van der Waals surface area (Å²) in [5, 5.41) is 0. The first-order chi connectivity index (χ1) is 5.97. The first kappa shape index (κ1) is 11.1. The summed E-state index contributed by atoms with van der Waals surface area (Å²) in [6, 6.07) is 1.54. The molecule has 1 aromatic rings. The van der Waals surface area contributed by atoms with Crippen LogP contribution in [0.1, 0.15) is 6.92 Å². The van der Waals surface area contributed by atoms with Crippen molar-refractivity contribution in [1.29, 1.82) is 0 Å². The first-order valence-corrected chi connectivity index (χ1v) is 6.75. The lowest BCUT2D eigenvalue weighted by Gasteiger charge is -2.03. The summed E-state index contributed by atoms with van der Waals surface area (Å²) in [6.07, 6.45) is 1.54. The molecule has 1 rings (SSSR count). The van der Waals surface area contributed by atoms with Crippen LogP contribution >= 0.6 is 31.9 Å². The van der Waals surface area contributed by atoms with Gasteiger partial charge in [0.15, 0.2) is 9.84 Å². The van der Waals surface area contributed by atoms with Gasteiger partial charge in [0.05, 0.1) is 5.75 Å². The van der Waals surface area contributed by atoms with Gasteiger partial charge in [0.1, 0.15) is 9.50 Å². The normalized spacial score (nSPS) is 11.6. The minimum Gasteiger partial charge on any atom is -0.247 e. The third-order valence-electron chi connectivity index (χ3n) is 1.49. The molecule has 0 aromatic carbocycles. The number of halogens is 2. The number of nitrogens with zero attached hydrogens (tertiary/aromatic N) is 1. The van der Waals surface area contributed by atoms with Gasteiger partial charge in [0.2, 0.25) is 0 Å². The Morgan fingerprint density at radius 2 is 2.08 bits per heavy atom. The maximum Gasteiger partial charge on any atom is 0.180 e. The highest BCUT2D eigenvalue weighted by atomic mass is 79.9. The molecule has 0 bridgehead atoms. The Hall–Kier alpha value is 0.0600. The van der Waals surface area contributed by atoms with E-state index in [1.165, 1.54) is 6.07 Å². The van der Waals surface area contributed by atoms with Crippen LogP contribution in [0.2, 0.25) is 0 Å². The quantitative estimate of drug-likeness (QED) is 0.783. The maximum atomic E-state index is 11.5. The standard InChI is InChI=1S/C7H7Br2NO2S/c1-2-13(11,12)6-3-5(8)4-10-7(6)9/h3-4H,2H2,1H3. The minimum absolute atomic E-state index is 0.0731. The van der Waals surface area contributed by atoms with E-state index in [9.17, 15) is 8.42 Å². The van der Waals surface area contributed by atoms with Crippen molar-refractivity contribution in [3.05, 3.63) is 21.3 Å². The highest BCUT2D eigenvalue weighted by Gasteiger charge is 2.16. The Kier molecular flexibility index (Phi) is 3.48. The smallest absolute Gasteiger partial charge is 0.180 e. The van der Waals surface area contributed by atoms with Crippen LogP contribution in [0.5, 0.6) is 0 Å². The van der Waals surface area contributed by atoms with Crippen molar-refractivity contribution in [2.75, 3.05) is 5.75 Å². The molecule has 0 aliphatic heterocycles. The summed E-state index contributed by atoms with van der Waals surface area (Å²) in [4.78, 5) is 4.11. The molecule has 0 atom stereocenters. The van der Waals surface area contributed by atoms with E-state index in [1.807, 2.05) is 0 Å². The van der Waals surface area contributed by atoms with Crippen molar-refractivity contribution in [3.8, 4) is 0 Å². The van der Waals surface area contributed by atoms with Gasteiger partial charge in [0.25, 0.3) is 0 Å². The van der Waals surface area contributed by atoms with Gasteiger partial charge < -0.3 is 0 Å². The number of aromatic nitrogens is 1. The number of pyridine rings is 1. The second-order valence-corrected chi connectivity index (χ2v) is 6.26. The molecule has 0 radical (unpaired) electrons. The molecule has 6 heteroatoms. The summed E-state index contributed by atoms with van der Waals surface area (Å²) >= 11 is 6.27. The van der Waals surface area contributed by atoms with Crippen LogP contribution < -0.4 is 0 Å². The lowest BCUT2D eigenvalue weighted by atomic mass is 10.5. The molecule has 0 saturated carbocycles. The number of hydrogen-bond acceptors (Lipinski definition) is 3. The van der Waals surface area contributed by atoms with E-state index in [2.05, 4.69) is 36.8 Å². The van der Waals surface area contributed by atoms with E-state index in [1.54, 1.807) is 13.1 Å². The lowest BCUT2D eigenvalue weighted by Crippen LogP contribution is -2.05. The number of rotatable bonds is 2. The van der Waals surface area contributed by atoms with Crippen molar-refractivity contribution in [2.45, 2.75) is 11.8 Å². The molecule has 0 amide bonds. The van der Waals surface area contributed by atoms with Crippen LogP contribution in [-0.4, -0.2) is 19.2 Å². The zero-order valence-electron chi connectivity index (χ0n) is 6.79. The molecule has 0 aliphatic carbocycles. The average molecular weight is 329 g/mol. The molecule has 0 fully saturated rings. The molecular formula is C7H7Br2NO2S. The molecular weight excluding hydrogens is 322 g/mol. The highest BCUT2D eigenvalue weighted by Crippen LogP contribution is 2.23. The molecule has 0 aliphatic rings. The Morgan fingerprint density at radius 3 is 2.62 bits per heavy atom. The minimum atomic E-state index is -3.19. The van der Waals surface area contributed by atoms with Gasteiger partial charge in [-0.25, -0.2) is 13.4 Å². The number of hydrogen-bond donors (Lipinski definition) is 0. The third-order valence-corrected chi connectivity index (χ3v) is 4.56. The zero-order valence-corrected chi connectivity index (χ0v) is 10.8. The van der Waals surface area contributed by atoms with E-state index >= 15 is 0 Å². The lowest BCUT2D eigenvalue weighted by molar-refractivity contribution is 0.596. The average Bonchev–Trinajstić information content (AvgIpc) is 2.09. The maximum absolute atomic E-state index is 11.5. The van der Waals surface area contributed by atoms with Crippen LogP contribution in [-0.2, 0) is 9.84 Å². The molecule has 0 saturated heterocycles. The fourth-order valence-corrected chi connectivity index (χ4v) is 3.14. The van der Waals surface area contributed by atoms with Gasteiger partial charge in [-0.1, -0.05) is 6.92 Å². The molecule has 3 nitrogen and oxygen atoms in total. The molecule has 0 N–H and O–H groups in total. The summed E-state index contributed by atoms with van der Waals surface area (Å²) in [7, 11) is -3.19. The van der Waals surface area contributed by atoms with E-state index in [-0.39, 0.29) is 10.6 Å². The summed E-state index contributed by atoms with van der Waals surface area (Å²) < 4.78 is 24.0. The third kappa shape index (κ3) is 2.51. The van der Waals surface area contributed by atoms with Crippen molar-refractivity contribution in [2.24, 2.45) is 0 Å². The molecule has 0 spiro atoms. The Bertz CT molecular complexity index is 417. The second kappa shape index (κ2) is 4.06. The van der Waals surface area contributed by atoms with Crippen LogP contribution in [0.3, 0.4) is 0 Å². The predicted molar refractivity (Wildman–Crippen MR) is 57.4 cm³/mol. The van der Waals surface area contributed by atoms with Crippen LogP contribution in [0.4, 0.5) is 0 Å². The van der Waals surface area contributed by atoms with E-state index < -0.39 is 9.84 Å². The highest BCUT2D eigenvalue weighted by molar-refractivity contribution is 9.11. The monoisotopic (exact) mass is 327 g/mol. The van der Waals surface area contributed by atoms with Gasteiger partial charge in [-0.2, -0.15) is 0 Å². The van der Waals surface area contributed by atoms with Crippen LogP contribution in [0, 0.1) is 0 Å². The Morgan fingerprint density at radius 1 is 1.46 bits per heavy atom. The fourth-order valence-electron chi connectivity index (χ4n) is 0.778. The topological polar surface area (TPSA) is 47.0 Å². The summed E-state index contributed by atoms with van der Waals surface area (Å²) in [5.74, 6) is 0.0731. The van der Waals surface area contributed by atoms with Crippen molar-refractivity contribution < 1.29 is 8.42 Å². The van der Waals surface area contributed by atoms with Crippen LogP contribution in [0.15, 0.2) is 26.2 Å². The molecule has 1 aromatic heterocycles. The predicted octanol–water partition coefficient (Wildman–Crippen LogP) is 2.40. The van der Waals surface area contributed by atoms with Crippen molar-refractivity contribution >= 4 is 41.7 Å². The Labute approximate surface area is 93.7 Å². The van der Waals surface area contributed by atoms with Crippen LogP contribution in [0.25, 0.3) is 0 Å². The largest absolute Gasteiger partial charge is 0.247 e. The van der Waals surface area contributed by atoms with Gasteiger partial charge in [-0.15, -0.1) is 0 Å². The molecule has 1 heterocycles. The first-order valence-electron chi connectivity index (χ1n) is 3.51.